The molecular weight excluding hydrogens is 190 g/mol. The van der Waals surface area contributed by atoms with Gasteiger partial charge < -0.3 is 9.32 Å². The van der Waals surface area contributed by atoms with Crippen molar-refractivity contribution in [2.75, 3.05) is 13.6 Å². The van der Waals surface area contributed by atoms with Gasteiger partial charge in [-0.05, 0) is 17.7 Å². The first-order valence-electron chi connectivity index (χ1n) is 4.90. The van der Waals surface area contributed by atoms with Gasteiger partial charge in [0.25, 0.3) is 0 Å². The van der Waals surface area contributed by atoms with Crippen LogP contribution in [0.25, 0.3) is 0 Å². The highest BCUT2D eigenvalue weighted by atomic mass is 16.3. The summed E-state index contributed by atoms with van der Waals surface area (Å²) >= 11 is 0. The van der Waals surface area contributed by atoms with E-state index in [1.165, 1.54) is 6.26 Å². The second-order valence-corrected chi connectivity index (χ2v) is 3.62. The summed E-state index contributed by atoms with van der Waals surface area (Å²) in [5, 5.41) is 0. The number of Topliss-reactive ketones (excluding diaryl/α,β-unsaturated/α-hetero) is 1. The second kappa shape index (κ2) is 4.17. The molecule has 78 valence electrons. The smallest absolute Gasteiger partial charge is 0.202 e. The molecule has 0 radical (unpaired) electrons. The minimum absolute atomic E-state index is 0.0196. The maximum atomic E-state index is 11.7. The average Bonchev–Trinajstić information content (AvgIpc) is 2.70. The van der Waals surface area contributed by atoms with Crippen molar-refractivity contribution >= 4 is 5.78 Å². The first kappa shape index (κ1) is 9.77. The predicted octanol–water partition coefficient (Wildman–Crippen LogP) is 2.24. The highest BCUT2D eigenvalue weighted by Gasteiger charge is 2.11. The van der Waals surface area contributed by atoms with E-state index in [0.717, 1.165) is 12.1 Å². The number of ketones is 1. The van der Waals surface area contributed by atoms with Gasteiger partial charge in [0.1, 0.15) is 0 Å². The van der Waals surface area contributed by atoms with E-state index in [-0.39, 0.29) is 5.78 Å². The predicted molar refractivity (Wildman–Crippen MR) is 57.5 cm³/mol. The molecule has 0 fully saturated rings. The van der Waals surface area contributed by atoms with Gasteiger partial charge in [0, 0.05) is 26.2 Å². The Morgan fingerprint density at radius 2 is 2.47 bits per heavy atom. The van der Waals surface area contributed by atoms with Gasteiger partial charge in [-0.15, -0.1) is 0 Å². The maximum Gasteiger partial charge on any atom is 0.202 e. The van der Waals surface area contributed by atoms with Crippen molar-refractivity contribution in [1.29, 1.82) is 0 Å². The third-order valence-electron chi connectivity index (χ3n) is 2.27. The van der Waals surface area contributed by atoms with Crippen LogP contribution >= 0.6 is 0 Å². The van der Waals surface area contributed by atoms with E-state index in [0.29, 0.717) is 12.2 Å². The van der Waals surface area contributed by atoms with Crippen molar-refractivity contribution in [2.45, 2.75) is 6.42 Å². The molecule has 1 aliphatic rings. The van der Waals surface area contributed by atoms with E-state index >= 15 is 0 Å². The average molecular weight is 203 g/mol. The number of furan rings is 1. The standard InChI is InChI=1S/C12H13NO2/c1-13-6-2-4-10(9-13)8-11(14)12-5-3-7-15-12/h2-5,7,9H,6,8H2,1H3. The van der Waals surface area contributed by atoms with Gasteiger partial charge in [-0.3, -0.25) is 4.79 Å². The molecule has 2 heterocycles. The Labute approximate surface area is 88.7 Å². The monoisotopic (exact) mass is 203 g/mol. The molecule has 3 heteroatoms. The fraction of sp³-hybridized carbons (Fsp3) is 0.250. The lowest BCUT2D eigenvalue weighted by Crippen LogP contribution is -2.15. The van der Waals surface area contributed by atoms with Crippen molar-refractivity contribution in [3.8, 4) is 0 Å². The Hall–Kier alpha value is -1.77. The van der Waals surface area contributed by atoms with Gasteiger partial charge in [-0.2, -0.15) is 0 Å². The van der Waals surface area contributed by atoms with Crippen LogP contribution in [-0.2, 0) is 0 Å². The van der Waals surface area contributed by atoms with Gasteiger partial charge in [0.2, 0.25) is 5.78 Å². The van der Waals surface area contributed by atoms with Crippen LogP contribution in [-0.4, -0.2) is 24.3 Å². The van der Waals surface area contributed by atoms with Crippen molar-refractivity contribution in [3.63, 3.8) is 0 Å². The van der Waals surface area contributed by atoms with E-state index in [1.54, 1.807) is 12.1 Å². The Morgan fingerprint density at radius 1 is 1.60 bits per heavy atom. The highest BCUT2D eigenvalue weighted by molar-refractivity contribution is 5.95. The molecule has 0 atom stereocenters. The molecule has 15 heavy (non-hydrogen) atoms. The van der Waals surface area contributed by atoms with E-state index in [2.05, 4.69) is 0 Å². The molecule has 0 saturated heterocycles. The van der Waals surface area contributed by atoms with E-state index in [4.69, 9.17) is 4.42 Å². The zero-order valence-corrected chi connectivity index (χ0v) is 8.64. The van der Waals surface area contributed by atoms with Crippen LogP contribution in [0.5, 0.6) is 0 Å². The SMILES string of the molecule is CN1C=C(CC(=O)c2ccco2)C=CC1. The minimum atomic E-state index is 0.0196. The Kier molecular flexibility index (Phi) is 2.72. The quantitative estimate of drug-likeness (QED) is 0.706. The molecule has 1 aliphatic heterocycles. The van der Waals surface area contributed by atoms with Gasteiger partial charge in [-0.25, -0.2) is 0 Å². The zero-order valence-electron chi connectivity index (χ0n) is 8.64. The van der Waals surface area contributed by atoms with Crippen LogP contribution in [0.2, 0.25) is 0 Å². The van der Waals surface area contributed by atoms with E-state index < -0.39 is 0 Å². The minimum Gasteiger partial charge on any atom is -0.461 e. The summed E-state index contributed by atoms with van der Waals surface area (Å²) in [6.45, 7) is 0.901. The molecule has 0 aromatic carbocycles. The van der Waals surface area contributed by atoms with E-state index in [9.17, 15) is 4.79 Å². The van der Waals surface area contributed by atoms with E-state index in [1.807, 2.05) is 30.3 Å². The van der Waals surface area contributed by atoms with Crippen LogP contribution in [0.3, 0.4) is 0 Å². The molecule has 0 saturated carbocycles. The normalized spacial score (nSPS) is 15.3. The third kappa shape index (κ3) is 2.37. The lowest BCUT2D eigenvalue weighted by atomic mass is 10.1. The number of carbonyl (C=O) groups is 1. The zero-order chi connectivity index (χ0) is 10.7. The highest BCUT2D eigenvalue weighted by Crippen LogP contribution is 2.14. The summed E-state index contributed by atoms with van der Waals surface area (Å²) in [5.41, 5.74) is 1.02. The first-order chi connectivity index (χ1) is 7.25. The summed E-state index contributed by atoms with van der Waals surface area (Å²) in [6, 6.07) is 3.42. The summed E-state index contributed by atoms with van der Waals surface area (Å²) in [7, 11) is 1.99. The largest absolute Gasteiger partial charge is 0.461 e. The molecule has 0 bridgehead atoms. The molecular formula is C12H13NO2. The molecule has 2 rings (SSSR count). The Morgan fingerprint density at radius 3 is 3.13 bits per heavy atom. The molecule has 0 aliphatic carbocycles. The fourth-order valence-corrected chi connectivity index (χ4v) is 1.56. The third-order valence-corrected chi connectivity index (χ3v) is 2.27. The number of hydrogen-bond acceptors (Lipinski definition) is 3. The number of carbonyl (C=O) groups excluding carboxylic acids is 1. The molecule has 0 amide bonds. The van der Waals surface area contributed by atoms with Crippen molar-refractivity contribution < 1.29 is 9.21 Å². The van der Waals surface area contributed by atoms with Crippen molar-refractivity contribution in [2.24, 2.45) is 0 Å². The lowest BCUT2D eigenvalue weighted by Gasteiger charge is -2.17. The summed E-state index contributed by atoms with van der Waals surface area (Å²) in [4.78, 5) is 13.7. The van der Waals surface area contributed by atoms with Crippen molar-refractivity contribution in [1.82, 2.24) is 4.90 Å². The number of rotatable bonds is 3. The Bertz CT molecular complexity index is 401. The van der Waals surface area contributed by atoms with Crippen LogP contribution in [0.4, 0.5) is 0 Å². The number of nitrogens with zero attached hydrogens (tertiary/aromatic N) is 1. The van der Waals surface area contributed by atoms with Gasteiger partial charge in [-0.1, -0.05) is 12.2 Å². The summed E-state index contributed by atoms with van der Waals surface area (Å²) < 4.78 is 5.05. The number of allylic oxidation sites excluding steroid dienone is 2. The van der Waals surface area contributed by atoms with Gasteiger partial charge >= 0.3 is 0 Å². The lowest BCUT2D eigenvalue weighted by molar-refractivity contribution is 0.0967. The van der Waals surface area contributed by atoms with Crippen molar-refractivity contribution in [3.05, 3.63) is 48.1 Å². The molecule has 3 nitrogen and oxygen atoms in total. The maximum absolute atomic E-state index is 11.7. The molecule has 0 N–H and O–H groups in total. The Balaban J connectivity index is 2.04. The topological polar surface area (TPSA) is 33.5 Å². The van der Waals surface area contributed by atoms with Crippen LogP contribution in [0.1, 0.15) is 17.0 Å². The van der Waals surface area contributed by atoms with Crippen LogP contribution < -0.4 is 0 Å². The summed E-state index contributed by atoms with van der Waals surface area (Å²) in [5.74, 6) is 0.448. The first-order valence-corrected chi connectivity index (χ1v) is 4.90. The van der Waals surface area contributed by atoms with Crippen LogP contribution in [0, 0.1) is 0 Å². The number of hydrogen-bond donors (Lipinski definition) is 0. The number of likely N-dealkylation sites (N-methyl/N-ethyl adjacent to an activating group) is 1. The fourth-order valence-electron chi connectivity index (χ4n) is 1.56. The van der Waals surface area contributed by atoms with Gasteiger partial charge in [0.05, 0.1) is 6.26 Å². The van der Waals surface area contributed by atoms with Gasteiger partial charge in [0.15, 0.2) is 5.76 Å². The summed E-state index contributed by atoms with van der Waals surface area (Å²) in [6.07, 6.45) is 7.94. The molecule has 0 spiro atoms. The second-order valence-electron chi connectivity index (χ2n) is 3.62. The molecule has 1 aromatic heterocycles. The van der Waals surface area contributed by atoms with Crippen LogP contribution in [0.15, 0.2) is 46.7 Å². The molecule has 0 unspecified atom stereocenters. The molecule has 1 aromatic rings.